The summed E-state index contributed by atoms with van der Waals surface area (Å²) in [5, 5.41) is 0. The van der Waals surface area contributed by atoms with Crippen molar-refractivity contribution in [3.63, 3.8) is 0 Å². The number of aromatic nitrogens is 1. The minimum Gasteiger partial charge on any atom is -0.417 e. The summed E-state index contributed by atoms with van der Waals surface area (Å²) in [7, 11) is 0. The van der Waals surface area contributed by atoms with Crippen LogP contribution in [0.1, 0.15) is 5.56 Å². The van der Waals surface area contributed by atoms with E-state index in [1.54, 1.807) is 13.0 Å². The molecule has 2 nitrogen and oxygen atoms in total. The molecule has 1 aromatic heterocycles. The van der Waals surface area contributed by atoms with Crippen LogP contribution >= 0.6 is 0 Å². The molecule has 1 aromatic rings. The topological polar surface area (TPSA) is 22.1 Å². The quantitative estimate of drug-likeness (QED) is 0.658. The average Bonchev–Trinajstić information content (AvgIpc) is 1.85. The highest BCUT2D eigenvalue weighted by molar-refractivity contribution is 5.18. The van der Waals surface area contributed by atoms with Crippen LogP contribution < -0.4 is 4.74 Å². The summed E-state index contributed by atoms with van der Waals surface area (Å²) in [4.78, 5) is 3.58. The van der Waals surface area contributed by atoms with E-state index >= 15 is 0 Å². The molecule has 0 aromatic carbocycles. The average molecular weight is 159 g/mol. The maximum absolute atomic E-state index is 11.6. The van der Waals surface area contributed by atoms with Crippen LogP contribution in [0, 0.1) is 6.92 Å². The van der Waals surface area contributed by atoms with Gasteiger partial charge in [-0.1, -0.05) is 0 Å². The number of hydrogen-bond donors (Lipinski definition) is 0. The first-order valence-corrected chi connectivity index (χ1v) is 3.06. The van der Waals surface area contributed by atoms with Gasteiger partial charge in [-0.3, -0.25) is 0 Å². The molecular weight excluding hydrogens is 152 g/mol. The number of nitrogens with zero attached hydrogens (tertiary/aromatic N) is 1. The van der Waals surface area contributed by atoms with Crippen molar-refractivity contribution in [1.82, 2.24) is 4.98 Å². The third-order valence-electron chi connectivity index (χ3n) is 1.10. The highest BCUT2D eigenvalue weighted by atomic mass is 19.3. The van der Waals surface area contributed by atoms with Gasteiger partial charge in [0, 0.05) is 12.3 Å². The minimum atomic E-state index is -2.80. The van der Waals surface area contributed by atoms with Crippen LogP contribution in [0.2, 0.25) is 0 Å². The maximum atomic E-state index is 11.6. The molecule has 0 N–H and O–H groups in total. The number of pyridine rings is 1. The van der Waals surface area contributed by atoms with E-state index in [4.69, 9.17) is 0 Å². The Kier molecular flexibility index (Phi) is 2.36. The first-order valence-electron chi connectivity index (χ1n) is 3.06. The number of ether oxygens (including phenoxy) is 1. The largest absolute Gasteiger partial charge is 0.417 e. The zero-order valence-corrected chi connectivity index (χ0v) is 5.92. The third kappa shape index (κ3) is 2.49. The van der Waals surface area contributed by atoms with Crippen molar-refractivity contribution >= 4 is 0 Å². The van der Waals surface area contributed by atoms with Gasteiger partial charge in [0.25, 0.3) is 0 Å². The molecule has 1 heterocycles. The van der Waals surface area contributed by atoms with Gasteiger partial charge >= 0.3 is 6.61 Å². The fourth-order valence-corrected chi connectivity index (χ4v) is 0.664. The van der Waals surface area contributed by atoms with Crippen LogP contribution in [0.15, 0.2) is 18.3 Å². The molecule has 0 atom stereocenters. The van der Waals surface area contributed by atoms with E-state index in [0.29, 0.717) is 0 Å². The zero-order valence-electron chi connectivity index (χ0n) is 5.92. The van der Waals surface area contributed by atoms with Crippen molar-refractivity contribution in [2.45, 2.75) is 13.5 Å². The molecule has 0 aliphatic heterocycles. The number of aryl methyl sites for hydroxylation is 1. The van der Waals surface area contributed by atoms with Crippen LogP contribution in [0.25, 0.3) is 0 Å². The molecule has 0 amide bonds. The second-order valence-corrected chi connectivity index (χ2v) is 2.05. The molecule has 60 valence electrons. The van der Waals surface area contributed by atoms with Gasteiger partial charge in [0.1, 0.15) is 0 Å². The molecule has 4 heteroatoms. The molecule has 0 radical (unpaired) electrons. The molecule has 0 aliphatic carbocycles. The minimum absolute atomic E-state index is 0.0417. The van der Waals surface area contributed by atoms with E-state index in [9.17, 15) is 8.78 Å². The Labute approximate surface area is 62.8 Å². The lowest BCUT2D eigenvalue weighted by molar-refractivity contribution is -0.0528. The van der Waals surface area contributed by atoms with Crippen molar-refractivity contribution in [3.05, 3.63) is 23.9 Å². The molecule has 0 saturated heterocycles. The van der Waals surface area contributed by atoms with E-state index in [1.165, 1.54) is 12.3 Å². The van der Waals surface area contributed by atoms with Gasteiger partial charge in [-0.15, -0.1) is 0 Å². The third-order valence-corrected chi connectivity index (χ3v) is 1.10. The Hall–Kier alpha value is -1.19. The summed E-state index contributed by atoms with van der Waals surface area (Å²) < 4.78 is 27.2. The van der Waals surface area contributed by atoms with E-state index < -0.39 is 6.61 Å². The molecule has 11 heavy (non-hydrogen) atoms. The Morgan fingerprint density at radius 1 is 1.55 bits per heavy atom. The fourth-order valence-electron chi connectivity index (χ4n) is 0.664. The van der Waals surface area contributed by atoms with Crippen molar-refractivity contribution in [3.8, 4) is 5.88 Å². The second-order valence-electron chi connectivity index (χ2n) is 2.05. The standard InChI is InChI=1S/C7H7F2NO/c1-5-2-3-10-6(4-5)11-7(8)9/h2-4,7H,1H3. The predicted octanol–water partition coefficient (Wildman–Crippen LogP) is 1.99. The SMILES string of the molecule is Cc1ccnc(OC(F)F)c1. The monoisotopic (exact) mass is 159 g/mol. The van der Waals surface area contributed by atoms with Gasteiger partial charge in [-0.2, -0.15) is 8.78 Å². The van der Waals surface area contributed by atoms with Gasteiger partial charge in [-0.05, 0) is 18.6 Å². The van der Waals surface area contributed by atoms with Crippen molar-refractivity contribution in [1.29, 1.82) is 0 Å². The normalized spacial score (nSPS) is 10.2. The summed E-state index contributed by atoms with van der Waals surface area (Å²) in [6, 6.07) is 3.16. The summed E-state index contributed by atoms with van der Waals surface area (Å²) in [6.45, 7) is -1.02. The molecule has 0 bridgehead atoms. The van der Waals surface area contributed by atoms with Crippen LogP contribution in [-0.4, -0.2) is 11.6 Å². The van der Waals surface area contributed by atoms with Crippen LogP contribution in [0.5, 0.6) is 5.88 Å². The first-order chi connectivity index (χ1) is 5.18. The maximum Gasteiger partial charge on any atom is 0.388 e. The lowest BCUT2D eigenvalue weighted by Crippen LogP contribution is -2.03. The summed E-state index contributed by atoms with van der Waals surface area (Å²) in [6.07, 6.45) is 1.42. The van der Waals surface area contributed by atoms with Crippen molar-refractivity contribution in [2.75, 3.05) is 0 Å². The number of rotatable bonds is 2. The van der Waals surface area contributed by atoms with E-state index in [-0.39, 0.29) is 5.88 Å². The number of halogens is 2. The van der Waals surface area contributed by atoms with Crippen molar-refractivity contribution < 1.29 is 13.5 Å². The highest BCUT2D eigenvalue weighted by Crippen LogP contribution is 2.10. The van der Waals surface area contributed by atoms with Gasteiger partial charge in [0.2, 0.25) is 5.88 Å². The molecule has 0 fully saturated rings. The number of hydrogen-bond acceptors (Lipinski definition) is 2. The van der Waals surface area contributed by atoms with Crippen LogP contribution in [0.3, 0.4) is 0 Å². The summed E-state index contributed by atoms with van der Waals surface area (Å²) in [5.41, 5.74) is 0.843. The zero-order chi connectivity index (χ0) is 8.27. The predicted molar refractivity (Wildman–Crippen MR) is 35.6 cm³/mol. The highest BCUT2D eigenvalue weighted by Gasteiger charge is 2.03. The fraction of sp³-hybridized carbons (Fsp3) is 0.286. The molecular formula is C7H7F2NO. The van der Waals surface area contributed by atoms with Gasteiger partial charge in [-0.25, -0.2) is 4.98 Å². The lowest BCUT2D eigenvalue weighted by Gasteiger charge is -2.02. The van der Waals surface area contributed by atoms with Crippen LogP contribution in [0.4, 0.5) is 8.78 Å². The summed E-state index contributed by atoms with van der Waals surface area (Å²) >= 11 is 0. The van der Waals surface area contributed by atoms with Gasteiger partial charge < -0.3 is 4.74 Å². The van der Waals surface area contributed by atoms with Gasteiger partial charge in [0.05, 0.1) is 0 Å². The van der Waals surface area contributed by atoms with Gasteiger partial charge in [0.15, 0.2) is 0 Å². The van der Waals surface area contributed by atoms with Crippen LogP contribution in [-0.2, 0) is 0 Å². The van der Waals surface area contributed by atoms with E-state index in [2.05, 4.69) is 9.72 Å². The molecule has 0 spiro atoms. The van der Waals surface area contributed by atoms with Crippen molar-refractivity contribution in [2.24, 2.45) is 0 Å². The summed E-state index contributed by atoms with van der Waals surface area (Å²) in [5.74, 6) is -0.0417. The Morgan fingerprint density at radius 2 is 2.27 bits per heavy atom. The molecule has 0 aliphatic rings. The Morgan fingerprint density at radius 3 is 2.82 bits per heavy atom. The lowest BCUT2D eigenvalue weighted by atomic mass is 10.3. The Balaban J connectivity index is 2.71. The Bertz CT molecular complexity index is 240. The molecule has 0 saturated carbocycles. The molecule has 0 unspecified atom stereocenters. The number of alkyl halides is 2. The van der Waals surface area contributed by atoms with E-state index in [1.807, 2.05) is 0 Å². The first kappa shape index (κ1) is 7.91. The second kappa shape index (κ2) is 3.27. The smallest absolute Gasteiger partial charge is 0.388 e. The molecule has 1 rings (SSSR count). The van der Waals surface area contributed by atoms with E-state index in [0.717, 1.165) is 5.56 Å².